The second kappa shape index (κ2) is 5.05. The summed E-state index contributed by atoms with van der Waals surface area (Å²) in [5, 5.41) is 4.46. The van der Waals surface area contributed by atoms with Gasteiger partial charge >= 0.3 is 0 Å². The van der Waals surface area contributed by atoms with E-state index in [0.29, 0.717) is 12.6 Å². The molecule has 2 saturated heterocycles. The maximum Gasteiger partial charge on any atom is 0.257 e. The third-order valence-corrected chi connectivity index (χ3v) is 4.50. The van der Waals surface area contributed by atoms with Crippen LogP contribution in [0.2, 0.25) is 0 Å². The van der Waals surface area contributed by atoms with Gasteiger partial charge in [0.25, 0.3) is 5.91 Å². The molecule has 0 N–H and O–H groups in total. The van der Waals surface area contributed by atoms with E-state index in [0.717, 1.165) is 49.6 Å². The molecule has 5 heteroatoms. The third-order valence-electron chi connectivity index (χ3n) is 4.50. The number of hydrogen-bond donors (Lipinski definition) is 0. The number of hydrogen-bond acceptors (Lipinski definition) is 3. The predicted octanol–water partition coefficient (Wildman–Crippen LogP) is 1.22. The fourth-order valence-electron chi connectivity index (χ4n) is 3.42. The SMILES string of the molecule is C=CCn1nc(C)c(C(=O)N2CCN3CCC2C3)c1C. The second-order valence-electron chi connectivity index (χ2n) is 5.76. The van der Waals surface area contributed by atoms with Crippen molar-refractivity contribution in [2.24, 2.45) is 0 Å². The standard InChI is InChI=1S/C15H22N4O/c1-4-6-19-12(3)14(11(2)16-19)15(20)18-9-8-17-7-5-13(18)10-17/h4,13H,1,5-10H2,2-3H3. The summed E-state index contributed by atoms with van der Waals surface area (Å²) in [4.78, 5) is 17.4. The van der Waals surface area contributed by atoms with E-state index >= 15 is 0 Å². The number of nitrogens with zero attached hydrogens (tertiary/aromatic N) is 4. The maximum absolute atomic E-state index is 12.9. The van der Waals surface area contributed by atoms with Crippen molar-refractivity contribution in [3.05, 3.63) is 29.6 Å². The Kier molecular flexibility index (Phi) is 3.38. The molecule has 5 nitrogen and oxygen atoms in total. The number of amides is 1. The molecule has 2 atom stereocenters. The highest BCUT2D eigenvalue weighted by Crippen LogP contribution is 2.24. The van der Waals surface area contributed by atoms with Crippen LogP contribution in [0.5, 0.6) is 0 Å². The highest BCUT2D eigenvalue weighted by molar-refractivity contribution is 5.96. The van der Waals surface area contributed by atoms with Gasteiger partial charge in [-0.05, 0) is 20.3 Å². The van der Waals surface area contributed by atoms with Crippen molar-refractivity contribution in [2.75, 3.05) is 26.2 Å². The van der Waals surface area contributed by atoms with Crippen molar-refractivity contribution in [3.8, 4) is 0 Å². The number of carbonyl (C=O) groups is 1. The van der Waals surface area contributed by atoms with Crippen LogP contribution in [0.4, 0.5) is 0 Å². The van der Waals surface area contributed by atoms with E-state index in [1.54, 1.807) is 0 Å². The van der Waals surface area contributed by atoms with Crippen LogP contribution in [-0.2, 0) is 6.54 Å². The van der Waals surface area contributed by atoms with Gasteiger partial charge in [-0.1, -0.05) is 6.08 Å². The summed E-state index contributed by atoms with van der Waals surface area (Å²) in [6, 6.07) is 0.387. The molecule has 3 heterocycles. The van der Waals surface area contributed by atoms with Crippen LogP contribution in [0.1, 0.15) is 28.2 Å². The molecule has 0 aliphatic carbocycles. The molecule has 2 aliphatic rings. The van der Waals surface area contributed by atoms with Crippen molar-refractivity contribution in [1.29, 1.82) is 0 Å². The molecule has 0 aromatic carbocycles. The topological polar surface area (TPSA) is 41.4 Å². The molecule has 0 saturated carbocycles. The average molecular weight is 274 g/mol. The zero-order valence-electron chi connectivity index (χ0n) is 12.3. The molecule has 0 radical (unpaired) electrons. The molecule has 1 amide bonds. The first-order chi connectivity index (χ1) is 9.61. The zero-order valence-corrected chi connectivity index (χ0v) is 12.3. The Hall–Kier alpha value is -1.62. The van der Waals surface area contributed by atoms with Crippen LogP contribution >= 0.6 is 0 Å². The Labute approximate surface area is 119 Å². The summed E-state index contributed by atoms with van der Waals surface area (Å²) in [5.41, 5.74) is 2.56. The van der Waals surface area contributed by atoms with Gasteiger partial charge < -0.3 is 4.90 Å². The quantitative estimate of drug-likeness (QED) is 0.778. The lowest BCUT2D eigenvalue weighted by molar-refractivity contribution is 0.0608. The van der Waals surface area contributed by atoms with E-state index in [1.807, 2.05) is 24.6 Å². The van der Waals surface area contributed by atoms with Crippen LogP contribution in [0, 0.1) is 13.8 Å². The molecule has 20 heavy (non-hydrogen) atoms. The van der Waals surface area contributed by atoms with Gasteiger partial charge in [-0.2, -0.15) is 5.10 Å². The first kappa shape index (κ1) is 13.4. The summed E-state index contributed by atoms with van der Waals surface area (Å²) in [6.45, 7) is 12.3. The van der Waals surface area contributed by atoms with Gasteiger partial charge in [0.15, 0.2) is 0 Å². The minimum absolute atomic E-state index is 0.155. The Morgan fingerprint density at radius 3 is 2.95 bits per heavy atom. The van der Waals surface area contributed by atoms with Crippen LogP contribution in [0.15, 0.2) is 12.7 Å². The van der Waals surface area contributed by atoms with E-state index in [2.05, 4.69) is 21.5 Å². The lowest BCUT2D eigenvalue weighted by atomic mass is 10.1. The predicted molar refractivity (Wildman–Crippen MR) is 77.8 cm³/mol. The van der Waals surface area contributed by atoms with Gasteiger partial charge in [-0.3, -0.25) is 14.4 Å². The lowest BCUT2D eigenvalue weighted by Gasteiger charge is -2.34. The summed E-state index contributed by atoms with van der Waals surface area (Å²) < 4.78 is 1.86. The van der Waals surface area contributed by atoms with E-state index < -0.39 is 0 Å². The minimum Gasteiger partial charge on any atom is -0.333 e. The number of aromatic nitrogens is 2. The first-order valence-corrected chi connectivity index (χ1v) is 7.30. The number of rotatable bonds is 3. The summed E-state index contributed by atoms with van der Waals surface area (Å²) in [7, 11) is 0. The molecule has 108 valence electrons. The highest BCUT2D eigenvalue weighted by atomic mass is 16.2. The summed E-state index contributed by atoms with van der Waals surface area (Å²) >= 11 is 0. The van der Waals surface area contributed by atoms with Crippen molar-refractivity contribution < 1.29 is 4.79 Å². The molecule has 2 unspecified atom stereocenters. The number of carbonyl (C=O) groups excluding carboxylic acids is 1. The maximum atomic E-state index is 12.9. The van der Waals surface area contributed by atoms with E-state index in [4.69, 9.17) is 0 Å². The van der Waals surface area contributed by atoms with Crippen LogP contribution < -0.4 is 0 Å². The monoisotopic (exact) mass is 274 g/mol. The van der Waals surface area contributed by atoms with E-state index in [1.165, 1.54) is 0 Å². The average Bonchev–Trinajstić information content (AvgIpc) is 2.92. The summed E-state index contributed by atoms with van der Waals surface area (Å²) in [5.74, 6) is 0.155. The van der Waals surface area contributed by atoms with Crippen molar-refractivity contribution >= 4 is 5.91 Å². The van der Waals surface area contributed by atoms with Gasteiger partial charge in [0, 0.05) is 37.9 Å². The molecule has 2 fully saturated rings. The smallest absolute Gasteiger partial charge is 0.257 e. The van der Waals surface area contributed by atoms with E-state index in [-0.39, 0.29) is 5.91 Å². The largest absolute Gasteiger partial charge is 0.333 e. The Morgan fingerprint density at radius 1 is 1.40 bits per heavy atom. The van der Waals surface area contributed by atoms with E-state index in [9.17, 15) is 4.79 Å². The Balaban J connectivity index is 1.88. The van der Waals surface area contributed by atoms with Crippen LogP contribution in [0.3, 0.4) is 0 Å². The van der Waals surface area contributed by atoms with Crippen LogP contribution in [-0.4, -0.2) is 57.7 Å². The second-order valence-corrected chi connectivity index (χ2v) is 5.76. The Morgan fingerprint density at radius 2 is 2.20 bits per heavy atom. The van der Waals surface area contributed by atoms with Gasteiger partial charge in [-0.25, -0.2) is 0 Å². The molecule has 0 spiro atoms. The number of piperazine rings is 1. The molecule has 1 aromatic heterocycles. The Bertz CT molecular complexity index is 548. The highest BCUT2D eigenvalue weighted by Gasteiger charge is 2.36. The minimum atomic E-state index is 0.155. The lowest BCUT2D eigenvalue weighted by Crippen LogP contribution is -2.49. The van der Waals surface area contributed by atoms with Gasteiger partial charge in [0.1, 0.15) is 0 Å². The fourth-order valence-corrected chi connectivity index (χ4v) is 3.42. The fraction of sp³-hybridized carbons (Fsp3) is 0.600. The number of allylic oxidation sites excluding steroid dienone is 1. The molecule has 2 aliphatic heterocycles. The summed E-state index contributed by atoms with van der Waals surface area (Å²) in [6.07, 6.45) is 2.91. The van der Waals surface area contributed by atoms with Gasteiger partial charge in [-0.15, -0.1) is 6.58 Å². The first-order valence-electron chi connectivity index (χ1n) is 7.30. The van der Waals surface area contributed by atoms with Gasteiger partial charge in [0.2, 0.25) is 0 Å². The molecule has 2 bridgehead atoms. The van der Waals surface area contributed by atoms with Gasteiger partial charge in [0.05, 0.1) is 17.8 Å². The van der Waals surface area contributed by atoms with Crippen LogP contribution in [0.25, 0.3) is 0 Å². The van der Waals surface area contributed by atoms with Crippen molar-refractivity contribution in [1.82, 2.24) is 19.6 Å². The normalized spacial score (nSPS) is 25.0. The molecule has 3 rings (SSSR count). The zero-order chi connectivity index (χ0) is 14.3. The number of fused-ring (bicyclic) bond motifs is 2. The molecule has 1 aromatic rings. The van der Waals surface area contributed by atoms with Crippen molar-refractivity contribution in [2.45, 2.75) is 32.9 Å². The molecular formula is C15H22N4O. The number of aryl methyl sites for hydroxylation is 1. The van der Waals surface area contributed by atoms with Crippen molar-refractivity contribution in [3.63, 3.8) is 0 Å². The third kappa shape index (κ3) is 2.06. The molecular weight excluding hydrogens is 252 g/mol.